The van der Waals surface area contributed by atoms with Crippen LogP contribution >= 0.6 is 0 Å². The van der Waals surface area contributed by atoms with Gasteiger partial charge in [-0.25, -0.2) is 18.9 Å². The summed E-state index contributed by atoms with van der Waals surface area (Å²) in [5, 5.41) is 12.3. The zero-order valence-corrected chi connectivity index (χ0v) is 16.5. The van der Waals surface area contributed by atoms with Crippen molar-refractivity contribution in [3.05, 3.63) is 95.2 Å². The smallest absolute Gasteiger partial charge is 0.321 e. The molecule has 1 unspecified atom stereocenters. The molecule has 1 aliphatic heterocycles. The Morgan fingerprint density at radius 2 is 1.84 bits per heavy atom. The van der Waals surface area contributed by atoms with E-state index in [1.54, 1.807) is 30.3 Å². The first kappa shape index (κ1) is 20.5. The second-order valence-corrected chi connectivity index (χ2v) is 7.29. The molecule has 1 aromatic heterocycles. The summed E-state index contributed by atoms with van der Waals surface area (Å²) in [7, 11) is 0. The molecule has 0 spiro atoms. The van der Waals surface area contributed by atoms with Crippen LogP contribution in [0.5, 0.6) is 0 Å². The highest BCUT2D eigenvalue weighted by atomic mass is 19.1. The van der Waals surface area contributed by atoms with Crippen LogP contribution in [0.3, 0.4) is 0 Å². The fraction of sp³-hybridized carbons (Fsp3) is 0.174. The number of nitrogens with zero attached hydrogens (tertiary/aromatic N) is 2. The molecule has 2 aromatic carbocycles. The fourth-order valence-electron chi connectivity index (χ4n) is 3.79. The number of hydrogen-bond acceptors (Lipinski definition) is 3. The summed E-state index contributed by atoms with van der Waals surface area (Å²) >= 11 is 0. The summed E-state index contributed by atoms with van der Waals surface area (Å²) in [5.74, 6) is -1.41. The average molecular weight is 424 g/mol. The Morgan fingerprint density at radius 3 is 2.58 bits per heavy atom. The predicted octanol–water partition coefficient (Wildman–Crippen LogP) is 3.61. The largest absolute Gasteiger partial charge is 0.350 e. The normalized spacial score (nSPS) is 15.1. The molecule has 4 rings (SSSR count). The maximum atomic E-state index is 14.6. The SMILES string of the molecule is O=C(CCC1c2c(F)cccc2C(=O)N1Cc1ccc(F)cc1)Nc1cccc[n+]1O. The summed E-state index contributed by atoms with van der Waals surface area (Å²) in [4.78, 5) is 26.9. The number of pyridine rings is 1. The van der Waals surface area contributed by atoms with Gasteiger partial charge < -0.3 is 10.1 Å². The van der Waals surface area contributed by atoms with E-state index in [0.717, 1.165) is 4.73 Å². The lowest BCUT2D eigenvalue weighted by Crippen LogP contribution is -2.35. The molecule has 0 radical (unpaired) electrons. The van der Waals surface area contributed by atoms with Crippen molar-refractivity contribution < 1.29 is 28.3 Å². The highest BCUT2D eigenvalue weighted by molar-refractivity contribution is 5.99. The number of halogens is 2. The molecule has 1 atom stereocenters. The number of nitrogens with one attached hydrogen (secondary N) is 1. The molecule has 2 heterocycles. The Hall–Kier alpha value is -3.81. The van der Waals surface area contributed by atoms with Gasteiger partial charge in [0.25, 0.3) is 5.91 Å². The minimum absolute atomic E-state index is 0.000529. The number of benzene rings is 2. The number of rotatable bonds is 6. The Bertz CT molecular complexity index is 1140. The maximum absolute atomic E-state index is 14.6. The van der Waals surface area contributed by atoms with E-state index in [0.29, 0.717) is 5.56 Å². The van der Waals surface area contributed by atoms with Crippen LogP contribution in [0.4, 0.5) is 14.6 Å². The monoisotopic (exact) mass is 424 g/mol. The van der Waals surface area contributed by atoms with Gasteiger partial charge in [0, 0.05) is 23.7 Å². The van der Waals surface area contributed by atoms with E-state index in [1.165, 1.54) is 41.4 Å². The highest BCUT2D eigenvalue weighted by Gasteiger charge is 2.39. The molecule has 0 saturated carbocycles. The molecule has 31 heavy (non-hydrogen) atoms. The number of fused-ring (bicyclic) bond motifs is 1. The third kappa shape index (κ3) is 4.23. The number of carbonyl (C=O) groups is 2. The molecule has 3 aromatic rings. The average Bonchev–Trinajstić information content (AvgIpc) is 3.02. The van der Waals surface area contributed by atoms with E-state index in [1.807, 2.05) is 0 Å². The van der Waals surface area contributed by atoms with Crippen molar-refractivity contribution in [2.45, 2.75) is 25.4 Å². The van der Waals surface area contributed by atoms with E-state index < -0.39 is 11.9 Å². The summed E-state index contributed by atoms with van der Waals surface area (Å²) in [5.41, 5.74) is 1.23. The highest BCUT2D eigenvalue weighted by Crippen LogP contribution is 2.39. The number of amides is 2. The van der Waals surface area contributed by atoms with Crippen molar-refractivity contribution in [3.63, 3.8) is 0 Å². The number of aromatic nitrogens is 1. The summed E-state index contributed by atoms with van der Waals surface area (Å²) < 4.78 is 28.7. The third-order valence-corrected chi connectivity index (χ3v) is 5.27. The van der Waals surface area contributed by atoms with Crippen molar-refractivity contribution in [2.75, 3.05) is 5.32 Å². The van der Waals surface area contributed by atoms with Crippen LogP contribution in [0, 0.1) is 11.6 Å². The molecule has 0 saturated heterocycles. The van der Waals surface area contributed by atoms with Crippen LogP contribution in [-0.2, 0) is 11.3 Å². The molecule has 158 valence electrons. The first-order valence-corrected chi connectivity index (χ1v) is 9.77. The van der Waals surface area contributed by atoms with Crippen LogP contribution in [0.25, 0.3) is 0 Å². The van der Waals surface area contributed by atoms with Gasteiger partial charge in [-0.1, -0.05) is 29.0 Å². The predicted molar refractivity (Wildman–Crippen MR) is 107 cm³/mol. The first-order chi connectivity index (χ1) is 14.9. The molecule has 2 amide bonds. The number of hydrogen-bond donors (Lipinski definition) is 2. The number of carbonyl (C=O) groups excluding carboxylic acids is 2. The van der Waals surface area contributed by atoms with Crippen molar-refractivity contribution in [2.24, 2.45) is 0 Å². The number of anilines is 1. The topological polar surface area (TPSA) is 73.5 Å². The van der Waals surface area contributed by atoms with E-state index >= 15 is 0 Å². The zero-order valence-electron chi connectivity index (χ0n) is 16.5. The molecule has 2 N–H and O–H groups in total. The molecule has 0 fully saturated rings. The quantitative estimate of drug-likeness (QED) is 0.469. The first-order valence-electron chi connectivity index (χ1n) is 9.77. The Morgan fingerprint density at radius 1 is 1.06 bits per heavy atom. The van der Waals surface area contributed by atoms with Crippen LogP contribution < -0.4 is 10.0 Å². The van der Waals surface area contributed by atoms with Crippen molar-refractivity contribution in [3.8, 4) is 0 Å². The van der Waals surface area contributed by atoms with Crippen molar-refractivity contribution in [1.29, 1.82) is 0 Å². The lowest BCUT2D eigenvalue weighted by atomic mass is 9.99. The Kier molecular flexibility index (Phi) is 5.62. The lowest BCUT2D eigenvalue weighted by molar-refractivity contribution is -0.893. The second-order valence-electron chi connectivity index (χ2n) is 7.29. The Labute approximate surface area is 177 Å². The van der Waals surface area contributed by atoms with Gasteiger partial charge in [-0.05, 0) is 42.3 Å². The van der Waals surface area contributed by atoms with Crippen LogP contribution in [0.15, 0.2) is 66.9 Å². The summed E-state index contributed by atoms with van der Waals surface area (Å²) in [6.45, 7) is 0.162. The molecule has 0 bridgehead atoms. The van der Waals surface area contributed by atoms with Gasteiger partial charge in [0.15, 0.2) is 0 Å². The molecular weight excluding hydrogens is 404 g/mol. The van der Waals surface area contributed by atoms with Gasteiger partial charge in [-0.2, -0.15) is 0 Å². The van der Waals surface area contributed by atoms with Crippen molar-refractivity contribution in [1.82, 2.24) is 4.90 Å². The Balaban J connectivity index is 1.54. The van der Waals surface area contributed by atoms with E-state index in [9.17, 15) is 23.6 Å². The van der Waals surface area contributed by atoms with Gasteiger partial charge in [0.2, 0.25) is 0 Å². The standard InChI is InChI=1S/C23H19F2N3O3/c24-16-9-7-15(8-10-16)14-27-19(22-17(23(27)30)4-3-5-18(22)25)11-12-21(29)26-20-6-1-2-13-28(20)31/h1-10,13,19,31H,11-12,14H2/p+1. The van der Waals surface area contributed by atoms with Crippen LogP contribution in [0.1, 0.15) is 40.4 Å². The van der Waals surface area contributed by atoms with E-state index in [4.69, 9.17) is 0 Å². The minimum Gasteiger partial charge on any atom is -0.350 e. The molecule has 8 heteroatoms. The molecule has 6 nitrogen and oxygen atoms in total. The summed E-state index contributed by atoms with van der Waals surface area (Å²) in [6, 6.07) is 14.2. The van der Waals surface area contributed by atoms with Gasteiger partial charge >= 0.3 is 11.7 Å². The van der Waals surface area contributed by atoms with E-state index in [-0.39, 0.29) is 54.0 Å². The zero-order chi connectivity index (χ0) is 22.0. The van der Waals surface area contributed by atoms with Gasteiger partial charge in [0.1, 0.15) is 17.8 Å². The lowest BCUT2D eigenvalue weighted by Gasteiger charge is -2.25. The second kappa shape index (κ2) is 8.51. The maximum Gasteiger partial charge on any atom is 0.321 e. The summed E-state index contributed by atoms with van der Waals surface area (Å²) in [6.07, 6.45) is 1.56. The fourth-order valence-corrected chi connectivity index (χ4v) is 3.79. The van der Waals surface area contributed by atoms with Gasteiger partial charge in [-0.15, -0.1) is 0 Å². The molecule has 0 aliphatic carbocycles. The van der Waals surface area contributed by atoms with Gasteiger partial charge in [0.05, 0.1) is 12.5 Å². The van der Waals surface area contributed by atoms with E-state index in [2.05, 4.69) is 5.32 Å². The van der Waals surface area contributed by atoms with Crippen molar-refractivity contribution >= 4 is 17.6 Å². The van der Waals surface area contributed by atoms with Crippen LogP contribution in [-0.4, -0.2) is 21.9 Å². The molecule has 1 aliphatic rings. The molecular formula is C23H20F2N3O3+. The van der Waals surface area contributed by atoms with Gasteiger partial charge in [-0.3, -0.25) is 4.79 Å². The minimum atomic E-state index is -0.642. The van der Waals surface area contributed by atoms with Crippen LogP contribution in [0.2, 0.25) is 0 Å². The third-order valence-electron chi connectivity index (χ3n) is 5.27.